The number of carbonyl (C=O) groups is 1. The average molecular weight is 325 g/mol. The first-order valence-corrected chi connectivity index (χ1v) is 8.27. The zero-order valence-electron chi connectivity index (χ0n) is 13.4. The summed E-state index contributed by atoms with van der Waals surface area (Å²) in [5, 5.41) is 14.5. The number of benzene rings is 4. The third kappa shape index (κ3) is 1.96. The van der Waals surface area contributed by atoms with E-state index in [0.29, 0.717) is 6.54 Å². The second kappa shape index (κ2) is 5.08. The standard InChI is InChI=1S/C22H15NO2/c24-20-12-11-14-5-1-2-8-16(14)18(20)13-23-19-10-4-7-15-6-3-9-17(21(15)19)22(23)25/h1-12,24H,13H2. The maximum absolute atomic E-state index is 13.0. The van der Waals surface area contributed by atoms with Crippen molar-refractivity contribution in [1.29, 1.82) is 0 Å². The largest absolute Gasteiger partial charge is 0.508 e. The van der Waals surface area contributed by atoms with E-state index in [1.807, 2.05) is 66.7 Å². The molecular formula is C22H15NO2. The lowest BCUT2D eigenvalue weighted by Gasteiger charge is -2.20. The maximum Gasteiger partial charge on any atom is 0.259 e. The van der Waals surface area contributed by atoms with E-state index in [0.717, 1.165) is 38.4 Å². The molecule has 0 atom stereocenters. The molecule has 1 amide bonds. The van der Waals surface area contributed by atoms with E-state index in [1.165, 1.54) is 0 Å². The molecule has 0 aromatic heterocycles. The Morgan fingerprint density at radius 3 is 2.44 bits per heavy atom. The van der Waals surface area contributed by atoms with Gasteiger partial charge < -0.3 is 10.0 Å². The van der Waals surface area contributed by atoms with Crippen LogP contribution in [0.5, 0.6) is 5.75 Å². The summed E-state index contributed by atoms with van der Waals surface area (Å²) < 4.78 is 0. The third-order valence-electron chi connectivity index (χ3n) is 4.98. The summed E-state index contributed by atoms with van der Waals surface area (Å²) in [6.07, 6.45) is 0. The number of hydrogen-bond donors (Lipinski definition) is 1. The van der Waals surface area contributed by atoms with Gasteiger partial charge in [-0.15, -0.1) is 0 Å². The van der Waals surface area contributed by atoms with Crippen molar-refractivity contribution >= 4 is 33.1 Å². The highest BCUT2D eigenvalue weighted by atomic mass is 16.3. The first-order valence-electron chi connectivity index (χ1n) is 8.27. The number of nitrogens with zero attached hydrogens (tertiary/aromatic N) is 1. The van der Waals surface area contributed by atoms with Crippen LogP contribution < -0.4 is 4.90 Å². The van der Waals surface area contributed by atoms with Crippen molar-refractivity contribution in [2.24, 2.45) is 0 Å². The fourth-order valence-electron chi connectivity index (χ4n) is 3.78. The molecule has 1 aliphatic rings. The van der Waals surface area contributed by atoms with Gasteiger partial charge in [0.25, 0.3) is 5.91 Å². The van der Waals surface area contributed by atoms with Gasteiger partial charge in [0.15, 0.2) is 0 Å². The number of carbonyl (C=O) groups excluding carboxylic acids is 1. The van der Waals surface area contributed by atoms with E-state index in [1.54, 1.807) is 11.0 Å². The second-order valence-corrected chi connectivity index (χ2v) is 6.36. The summed E-state index contributed by atoms with van der Waals surface area (Å²) in [6.45, 7) is 0.347. The lowest BCUT2D eigenvalue weighted by atomic mass is 10.0. The second-order valence-electron chi connectivity index (χ2n) is 6.36. The molecule has 1 N–H and O–H groups in total. The number of amides is 1. The molecule has 0 radical (unpaired) electrons. The highest BCUT2D eigenvalue weighted by Crippen LogP contribution is 2.39. The molecular weight excluding hydrogens is 310 g/mol. The fraction of sp³-hybridized carbons (Fsp3) is 0.0455. The summed E-state index contributed by atoms with van der Waals surface area (Å²) in [4.78, 5) is 14.7. The van der Waals surface area contributed by atoms with Crippen LogP contribution in [0.2, 0.25) is 0 Å². The zero-order valence-corrected chi connectivity index (χ0v) is 13.4. The van der Waals surface area contributed by atoms with Crippen molar-refractivity contribution in [3.05, 3.63) is 83.9 Å². The monoisotopic (exact) mass is 325 g/mol. The predicted molar refractivity (Wildman–Crippen MR) is 100 cm³/mol. The van der Waals surface area contributed by atoms with E-state index in [9.17, 15) is 9.90 Å². The minimum atomic E-state index is -0.0147. The Morgan fingerprint density at radius 2 is 1.56 bits per heavy atom. The van der Waals surface area contributed by atoms with Crippen LogP contribution in [-0.2, 0) is 6.54 Å². The fourth-order valence-corrected chi connectivity index (χ4v) is 3.78. The Morgan fingerprint density at radius 1 is 0.800 bits per heavy atom. The van der Waals surface area contributed by atoms with Crippen LogP contribution in [0, 0.1) is 0 Å². The third-order valence-corrected chi connectivity index (χ3v) is 4.98. The van der Waals surface area contributed by atoms with Crippen LogP contribution in [0.1, 0.15) is 15.9 Å². The summed E-state index contributed by atoms with van der Waals surface area (Å²) >= 11 is 0. The molecule has 5 rings (SSSR count). The number of aromatic hydroxyl groups is 1. The van der Waals surface area contributed by atoms with Crippen molar-refractivity contribution in [2.75, 3.05) is 4.90 Å². The van der Waals surface area contributed by atoms with Crippen molar-refractivity contribution < 1.29 is 9.90 Å². The topological polar surface area (TPSA) is 40.5 Å². The zero-order chi connectivity index (χ0) is 17.0. The van der Waals surface area contributed by atoms with Gasteiger partial charge in [-0.1, -0.05) is 54.6 Å². The van der Waals surface area contributed by atoms with E-state index in [2.05, 4.69) is 0 Å². The van der Waals surface area contributed by atoms with Gasteiger partial charge in [0.1, 0.15) is 5.75 Å². The molecule has 0 bridgehead atoms. The Hall–Kier alpha value is -3.33. The van der Waals surface area contributed by atoms with Crippen LogP contribution in [0.3, 0.4) is 0 Å². The van der Waals surface area contributed by atoms with Crippen molar-refractivity contribution in [3.8, 4) is 5.75 Å². The summed E-state index contributed by atoms with van der Waals surface area (Å²) in [7, 11) is 0. The van der Waals surface area contributed by atoms with Crippen molar-refractivity contribution in [1.82, 2.24) is 0 Å². The smallest absolute Gasteiger partial charge is 0.259 e. The normalized spacial score (nSPS) is 13.1. The molecule has 1 aliphatic heterocycles. The Bertz CT molecular complexity index is 1160. The van der Waals surface area contributed by atoms with Gasteiger partial charge in [-0.05, 0) is 34.4 Å². The minimum absolute atomic E-state index is 0.0147. The highest BCUT2D eigenvalue weighted by molar-refractivity contribution is 6.25. The van der Waals surface area contributed by atoms with Crippen molar-refractivity contribution in [2.45, 2.75) is 6.54 Å². The Balaban J connectivity index is 1.69. The number of phenolic OH excluding ortho intramolecular Hbond substituents is 1. The molecule has 3 nitrogen and oxygen atoms in total. The van der Waals surface area contributed by atoms with Crippen molar-refractivity contribution in [3.63, 3.8) is 0 Å². The number of anilines is 1. The quantitative estimate of drug-likeness (QED) is 0.572. The lowest BCUT2D eigenvalue weighted by Crippen LogP contribution is -2.26. The number of hydrogen-bond acceptors (Lipinski definition) is 2. The van der Waals surface area contributed by atoms with Gasteiger partial charge >= 0.3 is 0 Å². The lowest BCUT2D eigenvalue weighted by molar-refractivity contribution is 0.0991. The van der Waals surface area contributed by atoms with Crippen LogP contribution in [-0.4, -0.2) is 11.0 Å². The highest BCUT2D eigenvalue weighted by Gasteiger charge is 2.30. The van der Waals surface area contributed by atoms with E-state index < -0.39 is 0 Å². The van der Waals surface area contributed by atoms with Crippen LogP contribution >= 0.6 is 0 Å². The Kier molecular flexibility index (Phi) is 2.86. The predicted octanol–water partition coefficient (Wildman–Crippen LogP) is 4.86. The molecule has 1 heterocycles. The molecule has 4 aromatic rings. The summed E-state index contributed by atoms with van der Waals surface area (Å²) in [6, 6.07) is 23.3. The minimum Gasteiger partial charge on any atom is -0.508 e. The van der Waals surface area contributed by atoms with Gasteiger partial charge in [-0.2, -0.15) is 0 Å². The molecule has 0 aliphatic carbocycles. The van der Waals surface area contributed by atoms with Gasteiger partial charge in [-0.3, -0.25) is 4.79 Å². The SMILES string of the molecule is O=C1c2cccc3cccc(c23)N1Cc1c(O)ccc2ccccc12. The average Bonchev–Trinajstić information content (AvgIpc) is 2.92. The molecule has 0 unspecified atom stereocenters. The molecule has 0 fully saturated rings. The molecule has 0 spiro atoms. The van der Waals surface area contributed by atoms with Crippen LogP contribution in [0.15, 0.2) is 72.8 Å². The molecule has 120 valence electrons. The van der Waals surface area contributed by atoms with Crippen LogP contribution in [0.4, 0.5) is 5.69 Å². The summed E-state index contributed by atoms with van der Waals surface area (Å²) in [5.41, 5.74) is 2.41. The summed E-state index contributed by atoms with van der Waals surface area (Å²) in [5.74, 6) is 0.203. The first-order chi connectivity index (χ1) is 12.2. The first kappa shape index (κ1) is 14.1. The molecule has 3 heteroatoms. The Labute approximate surface area is 144 Å². The molecule has 0 saturated heterocycles. The molecule has 25 heavy (non-hydrogen) atoms. The van der Waals surface area contributed by atoms with E-state index >= 15 is 0 Å². The number of phenols is 1. The number of fused-ring (bicyclic) bond motifs is 1. The van der Waals surface area contributed by atoms with Crippen LogP contribution in [0.25, 0.3) is 21.5 Å². The molecule has 4 aromatic carbocycles. The number of rotatable bonds is 2. The van der Waals surface area contributed by atoms with Gasteiger partial charge in [0, 0.05) is 16.5 Å². The van der Waals surface area contributed by atoms with Gasteiger partial charge in [-0.25, -0.2) is 0 Å². The van der Waals surface area contributed by atoms with Gasteiger partial charge in [0.2, 0.25) is 0 Å². The molecule has 0 saturated carbocycles. The maximum atomic E-state index is 13.0. The van der Waals surface area contributed by atoms with E-state index in [4.69, 9.17) is 0 Å². The van der Waals surface area contributed by atoms with Gasteiger partial charge in [0.05, 0.1) is 12.2 Å². The van der Waals surface area contributed by atoms with E-state index in [-0.39, 0.29) is 11.7 Å².